The van der Waals surface area contributed by atoms with E-state index in [2.05, 4.69) is 25.3 Å². The molecule has 31 heavy (non-hydrogen) atoms. The van der Waals surface area contributed by atoms with Crippen molar-refractivity contribution in [1.82, 2.24) is 19.9 Å². The number of nitrogens with zero attached hydrogens (tertiary/aromatic N) is 3. The van der Waals surface area contributed by atoms with Gasteiger partial charge in [-0.1, -0.05) is 65.1 Å². The second kappa shape index (κ2) is 8.19. The highest BCUT2D eigenvalue weighted by molar-refractivity contribution is 6.38. The Morgan fingerprint density at radius 2 is 1.65 bits per heavy atom. The zero-order valence-electron chi connectivity index (χ0n) is 15.9. The van der Waals surface area contributed by atoms with Crippen molar-refractivity contribution in [2.45, 2.75) is 0 Å². The van der Waals surface area contributed by atoms with Crippen LogP contribution in [0, 0.1) is 0 Å². The maximum absolute atomic E-state index is 6.48. The molecule has 0 radical (unpaired) electrons. The lowest BCUT2D eigenvalue weighted by atomic mass is 10.1. The molecule has 0 aliphatic heterocycles. The fraction of sp³-hybridized carbons (Fsp3) is 0. The minimum atomic E-state index is 0.466. The lowest BCUT2D eigenvalue weighted by Crippen LogP contribution is -1.97. The van der Waals surface area contributed by atoms with E-state index >= 15 is 0 Å². The Morgan fingerprint density at radius 3 is 2.48 bits per heavy atom. The van der Waals surface area contributed by atoms with E-state index in [-0.39, 0.29) is 0 Å². The first-order valence-corrected chi connectivity index (χ1v) is 10.5. The first-order chi connectivity index (χ1) is 15.1. The van der Waals surface area contributed by atoms with Crippen LogP contribution in [0.3, 0.4) is 0 Å². The molecule has 0 unspecified atom stereocenters. The number of hydrogen-bond donors (Lipinski definition) is 2. The minimum absolute atomic E-state index is 0.466. The number of aromatic nitrogens is 4. The van der Waals surface area contributed by atoms with Gasteiger partial charge in [0.05, 0.1) is 27.5 Å². The number of H-pyrrole nitrogens is 1. The number of benzene rings is 3. The van der Waals surface area contributed by atoms with Crippen molar-refractivity contribution in [3.8, 4) is 22.6 Å². The van der Waals surface area contributed by atoms with E-state index in [1.807, 2.05) is 48.5 Å². The number of halogens is 3. The summed E-state index contributed by atoms with van der Waals surface area (Å²) in [6, 6.07) is 19.0. The molecule has 8 heteroatoms. The number of anilines is 2. The normalized spacial score (nSPS) is 11.1. The number of nitrogens with one attached hydrogen (secondary N) is 2. The van der Waals surface area contributed by atoms with Gasteiger partial charge in [0.2, 0.25) is 0 Å². The van der Waals surface area contributed by atoms with Gasteiger partial charge in [0.15, 0.2) is 0 Å². The lowest BCUT2D eigenvalue weighted by Gasteiger charge is -2.11. The maximum Gasteiger partial charge on any atom is 0.141 e. The molecule has 0 bridgehead atoms. The molecule has 5 rings (SSSR count). The first kappa shape index (κ1) is 19.8. The quantitative estimate of drug-likeness (QED) is 0.290. The minimum Gasteiger partial charge on any atom is -0.340 e. The van der Waals surface area contributed by atoms with Crippen molar-refractivity contribution in [3.05, 3.63) is 88.3 Å². The number of hydrogen-bond acceptors (Lipinski definition) is 4. The SMILES string of the molecule is Clc1cc(Cl)c2ncnc(Nc3ccc(Cl)c(-c4ncc(-c5ccccc5)[nH]4)c3)c2c1. The lowest BCUT2D eigenvalue weighted by molar-refractivity contribution is 1.22. The second-order valence-electron chi connectivity index (χ2n) is 6.84. The van der Waals surface area contributed by atoms with E-state index in [4.69, 9.17) is 34.8 Å². The van der Waals surface area contributed by atoms with Gasteiger partial charge in [0.1, 0.15) is 18.0 Å². The van der Waals surface area contributed by atoms with Crippen molar-refractivity contribution in [1.29, 1.82) is 0 Å². The van der Waals surface area contributed by atoms with Crippen LogP contribution in [-0.2, 0) is 0 Å². The maximum atomic E-state index is 6.48. The summed E-state index contributed by atoms with van der Waals surface area (Å²) in [7, 11) is 0. The van der Waals surface area contributed by atoms with Crippen LogP contribution in [0.2, 0.25) is 15.1 Å². The van der Waals surface area contributed by atoms with E-state index in [1.54, 1.807) is 18.3 Å². The Bertz CT molecular complexity index is 1400. The van der Waals surface area contributed by atoms with Crippen LogP contribution in [0.5, 0.6) is 0 Å². The zero-order valence-corrected chi connectivity index (χ0v) is 18.2. The molecule has 0 saturated carbocycles. The summed E-state index contributed by atoms with van der Waals surface area (Å²) in [5.41, 5.74) is 4.14. The summed E-state index contributed by atoms with van der Waals surface area (Å²) in [6.45, 7) is 0. The highest BCUT2D eigenvalue weighted by atomic mass is 35.5. The molecule has 0 amide bonds. The van der Waals surface area contributed by atoms with Gasteiger partial charge < -0.3 is 10.3 Å². The number of imidazole rings is 1. The van der Waals surface area contributed by atoms with E-state index in [0.29, 0.717) is 32.2 Å². The van der Waals surface area contributed by atoms with Crippen molar-refractivity contribution in [2.24, 2.45) is 0 Å². The Kier molecular flexibility index (Phi) is 5.24. The van der Waals surface area contributed by atoms with Crippen molar-refractivity contribution < 1.29 is 0 Å². The van der Waals surface area contributed by atoms with Crippen molar-refractivity contribution in [3.63, 3.8) is 0 Å². The molecular formula is C23H14Cl3N5. The molecule has 2 heterocycles. The zero-order chi connectivity index (χ0) is 21.4. The molecular weight excluding hydrogens is 453 g/mol. The molecule has 152 valence electrons. The molecule has 0 aliphatic carbocycles. The molecule has 0 saturated heterocycles. The van der Waals surface area contributed by atoms with Crippen molar-refractivity contribution >= 4 is 57.2 Å². The summed E-state index contributed by atoms with van der Waals surface area (Å²) in [5.74, 6) is 1.26. The van der Waals surface area contributed by atoms with Crippen LogP contribution in [0.1, 0.15) is 0 Å². The summed E-state index contributed by atoms with van der Waals surface area (Å²) in [6.07, 6.45) is 3.25. The third kappa shape index (κ3) is 3.95. The van der Waals surface area contributed by atoms with Crippen LogP contribution in [-0.4, -0.2) is 19.9 Å². The highest BCUT2D eigenvalue weighted by Crippen LogP contribution is 2.34. The third-order valence-corrected chi connectivity index (χ3v) is 5.64. The fourth-order valence-corrected chi connectivity index (χ4v) is 4.08. The predicted octanol–water partition coefficient (Wildman–Crippen LogP) is 7.39. The van der Waals surface area contributed by atoms with E-state index < -0.39 is 0 Å². The smallest absolute Gasteiger partial charge is 0.141 e. The second-order valence-corrected chi connectivity index (χ2v) is 8.09. The Hall–Kier alpha value is -3.12. The van der Waals surface area contributed by atoms with Gasteiger partial charge in [-0.15, -0.1) is 0 Å². The molecule has 5 nitrogen and oxygen atoms in total. The largest absolute Gasteiger partial charge is 0.340 e. The first-order valence-electron chi connectivity index (χ1n) is 9.35. The predicted molar refractivity (Wildman–Crippen MR) is 127 cm³/mol. The molecule has 0 spiro atoms. The monoisotopic (exact) mass is 465 g/mol. The molecule has 2 N–H and O–H groups in total. The van der Waals surface area contributed by atoms with E-state index in [9.17, 15) is 0 Å². The fourth-order valence-electron chi connectivity index (χ4n) is 3.33. The summed E-state index contributed by atoms with van der Waals surface area (Å²) >= 11 is 18.9. The Labute approximate surface area is 193 Å². The van der Waals surface area contributed by atoms with Gasteiger partial charge in [-0.05, 0) is 35.9 Å². The van der Waals surface area contributed by atoms with Crippen molar-refractivity contribution in [2.75, 3.05) is 5.32 Å². The van der Waals surface area contributed by atoms with Crippen LogP contribution in [0.25, 0.3) is 33.5 Å². The number of aromatic amines is 1. The van der Waals surface area contributed by atoms with Gasteiger partial charge in [-0.2, -0.15) is 0 Å². The van der Waals surface area contributed by atoms with E-state index in [0.717, 1.165) is 27.9 Å². The van der Waals surface area contributed by atoms with Gasteiger partial charge in [0, 0.05) is 21.7 Å². The topological polar surface area (TPSA) is 66.5 Å². The standard InChI is InChI=1S/C23H14Cl3N5/c24-14-8-17-21(19(26)9-14)28-12-29-23(17)30-15-6-7-18(25)16(10-15)22-27-11-20(31-22)13-4-2-1-3-5-13/h1-12H,(H,27,31)(H,28,29,30). The van der Waals surface area contributed by atoms with Crippen LogP contribution >= 0.6 is 34.8 Å². The molecule has 0 fully saturated rings. The molecule has 5 aromatic rings. The average Bonchev–Trinajstić information content (AvgIpc) is 3.26. The van der Waals surface area contributed by atoms with Gasteiger partial charge in [0.25, 0.3) is 0 Å². The van der Waals surface area contributed by atoms with Crippen LogP contribution in [0.15, 0.2) is 73.2 Å². The molecule has 0 atom stereocenters. The number of fused-ring (bicyclic) bond motifs is 1. The summed E-state index contributed by atoms with van der Waals surface area (Å²) in [4.78, 5) is 16.5. The Morgan fingerprint density at radius 1 is 0.806 bits per heavy atom. The Balaban J connectivity index is 1.52. The highest BCUT2D eigenvalue weighted by Gasteiger charge is 2.13. The van der Waals surface area contributed by atoms with Gasteiger partial charge in [-0.3, -0.25) is 0 Å². The van der Waals surface area contributed by atoms with Gasteiger partial charge >= 0.3 is 0 Å². The van der Waals surface area contributed by atoms with Crippen LogP contribution in [0.4, 0.5) is 11.5 Å². The summed E-state index contributed by atoms with van der Waals surface area (Å²) < 4.78 is 0. The number of rotatable bonds is 4. The van der Waals surface area contributed by atoms with Gasteiger partial charge in [-0.25, -0.2) is 15.0 Å². The van der Waals surface area contributed by atoms with Crippen LogP contribution < -0.4 is 5.32 Å². The average molecular weight is 467 g/mol. The molecule has 0 aliphatic rings. The van der Waals surface area contributed by atoms with E-state index in [1.165, 1.54) is 6.33 Å². The molecule has 2 aromatic heterocycles. The molecule has 3 aromatic carbocycles. The third-order valence-electron chi connectivity index (χ3n) is 4.80. The summed E-state index contributed by atoms with van der Waals surface area (Å²) in [5, 5.41) is 5.59.